The molecule has 3 aromatic rings. The van der Waals surface area contributed by atoms with Gasteiger partial charge in [-0.05, 0) is 68.5 Å². The zero-order chi connectivity index (χ0) is 25.5. The number of aryl methyl sites for hydroxylation is 2. The Morgan fingerprint density at radius 2 is 1.83 bits per heavy atom. The quantitative estimate of drug-likeness (QED) is 0.333. The van der Waals surface area contributed by atoms with Gasteiger partial charge in [0.05, 0.1) is 22.4 Å². The van der Waals surface area contributed by atoms with Crippen molar-refractivity contribution in [3.8, 4) is 0 Å². The maximum absolute atomic E-state index is 13.0. The van der Waals surface area contributed by atoms with Crippen LogP contribution in [-0.4, -0.2) is 32.3 Å². The van der Waals surface area contributed by atoms with Crippen LogP contribution in [0.15, 0.2) is 47.6 Å². The molecule has 0 saturated carbocycles. The van der Waals surface area contributed by atoms with E-state index < -0.39 is 0 Å². The minimum Gasteiger partial charge on any atom is -0.342 e. The van der Waals surface area contributed by atoms with E-state index in [9.17, 15) is 9.59 Å². The predicted molar refractivity (Wildman–Crippen MR) is 142 cm³/mol. The zero-order valence-electron chi connectivity index (χ0n) is 20.8. The number of hydrogen-bond donors (Lipinski definition) is 2. The normalized spacial score (nSPS) is 12.0. The molecular formula is C26H32ClN5O2S. The molecule has 35 heavy (non-hydrogen) atoms. The van der Waals surface area contributed by atoms with E-state index in [0.29, 0.717) is 40.5 Å². The molecule has 0 fully saturated rings. The molecule has 0 spiro atoms. The molecule has 0 aliphatic carbocycles. The molecule has 9 heteroatoms. The minimum atomic E-state index is -0.343. The summed E-state index contributed by atoms with van der Waals surface area (Å²) in [6.45, 7) is 10.8. The van der Waals surface area contributed by atoms with E-state index >= 15 is 0 Å². The fraction of sp³-hybridized carbons (Fsp3) is 0.385. The molecule has 0 unspecified atom stereocenters. The molecule has 7 nitrogen and oxygen atoms in total. The number of anilines is 1. The first kappa shape index (κ1) is 26.8. The maximum Gasteiger partial charge on any atom is 0.253 e. The van der Waals surface area contributed by atoms with Gasteiger partial charge in [0.2, 0.25) is 5.91 Å². The first-order chi connectivity index (χ1) is 16.7. The highest BCUT2D eigenvalue weighted by atomic mass is 35.5. The number of benzene rings is 2. The number of thioether (sulfide) groups is 1. The Balaban J connectivity index is 1.73. The lowest BCUT2D eigenvalue weighted by Crippen LogP contribution is -2.31. The second-order valence-corrected chi connectivity index (χ2v) is 10.2. The molecule has 0 radical (unpaired) electrons. The van der Waals surface area contributed by atoms with Gasteiger partial charge in [0.25, 0.3) is 5.91 Å². The summed E-state index contributed by atoms with van der Waals surface area (Å²) in [6.07, 6.45) is 0.687. The number of carbonyl (C=O) groups is 2. The second-order valence-electron chi connectivity index (χ2n) is 8.86. The van der Waals surface area contributed by atoms with Crippen LogP contribution >= 0.6 is 23.4 Å². The molecule has 3 rings (SSSR count). The monoisotopic (exact) mass is 513 g/mol. The topological polar surface area (TPSA) is 88.9 Å². The third-order valence-electron chi connectivity index (χ3n) is 5.63. The van der Waals surface area contributed by atoms with Gasteiger partial charge in [-0.1, -0.05) is 55.4 Å². The third-order valence-corrected chi connectivity index (χ3v) is 6.92. The van der Waals surface area contributed by atoms with Crippen molar-refractivity contribution in [1.82, 2.24) is 20.1 Å². The van der Waals surface area contributed by atoms with Crippen molar-refractivity contribution in [3.05, 3.63) is 70.0 Å². The summed E-state index contributed by atoms with van der Waals surface area (Å²) in [5, 5.41) is 15.8. The Bertz CT molecular complexity index is 1190. The summed E-state index contributed by atoms with van der Waals surface area (Å²) in [4.78, 5) is 25.5. The fourth-order valence-electron chi connectivity index (χ4n) is 3.69. The van der Waals surface area contributed by atoms with Gasteiger partial charge in [0.1, 0.15) is 0 Å². The number of halogens is 1. The van der Waals surface area contributed by atoms with Crippen LogP contribution in [0.25, 0.3) is 0 Å². The number of aromatic nitrogens is 3. The molecule has 2 amide bonds. The molecule has 2 N–H and O–H groups in total. The fourth-order valence-corrected chi connectivity index (χ4v) is 4.72. The first-order valence-corrected chi connectivity index (χ1v) is 13.0. The van der Waals surface area contributed by atoms with Crippen molar-refractivity contribution in [3.63, 3.8) is 0 Å². The van der Waals surface area contributed by atoms with Crippen molar-refractivity contribution >= 4 is 40.9 Å². The molecule has 0 bridgehead atoms. The minimum absolute atomic E-state index is 0.115. The summed E-state index contributed by atoms with van der Waals surface area (Å²) in [7, 11) is 0. The van der Waals surface area contributed by atoms with Crippen molar-refractivity contribution < 1.29 is 9.59 Å². The Morgan fingerprint density at radius 1 is 1.09 bits per heavy atom. The zero-order valence-corrected chi connectivity index (χ0v) is 22.3. The van der Waals surface area contributed by atoms with Gasteiger partial charge >= 0.3 is 0 Å². The molecular weight excluding hydrogens is 482 g/mol. The molecule has 0 aliphatic heterocycles. The van der Waals surface area contributed by atoms with E-state index in [1.807, 2.05) is 43.5 Å². The van der Waals surface area contributed by atoms with Crippen LogP contribution in [0.1, 0.15) is 60.5 Å². The van der Waals surface area contributed by atoms with Crippen LogP contribution in [0.2, 0.25) is 5.02 Å². The number of rotatable bonds is 10. The summed E-state index contributed by atoms with van der Waals surface area (Å²) in [5.41, 5.74) is 3.50. The standard InChI is InChI=1S/C26H32ClN5O2S/c1-6-32-24(22(13-16(2)3)29-25(34)20-9-7-8-10-21(20)27)30-31-26(32)35-15-23(33)28-19-12-11-17(4)18(5)14-19/h7-12,14,16,22H,6,13,15H2,1-5H3,(H,28,33)(H,29,34)/t22-/m0/s1. The molecule has 1 aromatic heterocycles. The van der Waals surface area contributed by atoms with E-state index in [-0.39, 0.29) is 23.6 Å². The Kier molecular flexibility index (Phi) is 9.34. The number of amides is 2. The van der Waals surface area contributed by atoms with Gasteiger partial charge < -0.3 is 15.2 Å². The Labute approximate surface area is 216 Å². The largest absolute Gasteiger partial charge is 0.342 e. The molecule has 186 valence electrons. The van der Waals surface area contributed by atoms with Gasteiger partial charge in [-0.2, -0.15) is 0 Å². The molecule has 2 aromatic carbocycles. The number of hydrogen-bond acceptors (Lipinski definition) is 5. The lowest BCUT2D eigenvalue weighted by Gasteiger charge is -2.21. The lowest BCUT2D eigenvalue weighted by atomic mass is 10.0. The van der Waals surface area contributed by atoms with Crippen LogP contribution in [0.4, 0.5) is 5.69 Å². The van der Waals surface area contributed by atoms with E-state index in [0.717, 1.165) is 11.3 Å². The van der Waals surface area contributed by atoms with E-state index in [1.165, 1.54) is 17.3 Å². The summed E-state index contributed by atoms with van der Waals surface area (Å²) >= 11 is 7.55. The summed E-state index contributed by atoms with van der Waals surface area (Å²) < 4.78 is 1.95. The van der Waals surface area contributed by atoms with Crippen molar-refractivity contribution in [2.24, 2.45) is 5.92 Å². The van der Waals surface area contributed by atoms with Crippen LogP contribution in [0, 0.1) is 19.8 Å². The molecule has 1 atom stereocenters. The van der Waals surface area contributed by atoms with Crippen LogP contribution in [-0.2, 0) is 11.3 Å². The van der Waals surface area contributed by atoms with Crippen molar-refractivity contribution in [2.75, 3.05) is 11.1 Å². The van der Waals surface area contributed by atoms with Crippen molar-refractivity contribution in [1.29, 1.82) is 0 Å². The average molecular weight is 514 g/mol. The van der Waals surface area contributed by atoms with Gasteiger partial charge in [-0.25, -0.2) is 0 Å². The second kappa shape index (κ2) is 12.2. The van der Waals surface area contributed by atoms with Gasteiger partial charge in [0.15, 0.2) is 11.0 Å². The summed E-state index contributed by atoms with van der Waals surface area (Å²) in [5.74, 6) is 0.809. The Morgan fingerprint density at radius 3 is 2.49 bits per heavy atom. The van der Waals surface area contributed by atoms with Gasteiger partial charge in [-0.15, -0.1) is 10.2 Å². The van der Waals surface area contributed by atoms with E-state index in [1.54, 1.807) is 24.3 Å². The first-order valence-electron chi connectivity index (χ1n) is 11.7. The Hall–Kier alpha value is -2.84. The molecule has 0 aliphatic rings. The maximum atomic E-state index is 13.0. The number of carbonyl (C=O) groups excluding carboxylic acids is 2. The van der Waals surface area contributed by atoms with Crippen LogP contribution < -0.4 is 10.6 Å². The van der Waals surface area contributed by atoms with Crippen molar-refractivity contribution in [2.45, 2.75) is 58.8 Å². The SMILES string of the molecule is CCn1c(SCC(=O)Nc2ccc(C)c(C)c2)nnc1[C@H](CC(C)C)NC(=O)c1ccccc1Cl. The van der Waals surface area contributed by atoms with E-state index in [4.69, 9.17) is 11.6 Å². The average Bonchev–Trinajstić information content (AvgIpc) is 3.22. The predicted octanol–water partition coefficient (Wildman–Crippen LogP) is 5.82. The van der Waals surface area contributed by atoms with Crippen LogP contribution in [0.5, 0.6) is 0 Å². The highest BCUT2D eigenvalue weighted by Crippen LogP contribution is 2.26. The van der Waals surface area contributed by atoms with E-state index in [2.05, 4.69) is 34.7 Å². The van der Waals surface area contributed by atoms with Crippen LogP contribution in [0.3, 0.4) is 0 Å². The summed E-state index contributed by atoms with van der Waals surface area (Å²) in [6, 6.07) is 12.5. The highest BCUT2D eigenvalue weighted by Gasteiger charge is 2.25. The third kappa shape index (κ3) is 7.08. The lowest BCUT2D eigenvalue weighted by molar-refractivity contribution is -0.113. The molecule has 0 saturated heterocycles. The molecule has 1 heterocycles. The van der Waals surface area contributed by atoms with Gasteiger partial charge in [0, 0.05) is 12.2 Å². The highest BCUT2D eigenvalue weighted by molar-refractivity contribution is 7.99. The number of nitrogens with zero attached hydrogens (tertiary/aromatic N) is 3. The smallest absolute Gasteiger partial charge is 0.253 e. The number of nitrogens with one attached hydrogen (secondary N) is 2. The van der Waals surface area contributed by atoms with Gasteiger partial charge in [-0.3, -0.25) is 9.59 Å².